The lowest BCUT2D eigenvalue weighted by Gasteiger charge is -2.00. The summed E-state index contributed by atoms with van der Waals surface area (Å²) in [7, 11) is 0. The van der Waals surface area contributed by atoms with E-state index in [1.807, 2.05) is 60.9 Å². The fraction of sp³-hybridized carbons (Fsp3) is 0. The molecule has 4 nitrogen and oxygen atoms in total. The molecular formula is C20H13N3O. The van der Waals surface area contributed by atoms with Crippen LogP contribution in [0.4, 0.5) is 0 Å². The Morgan fingerprint density at radius 1 is 0.833 bits per heavy atom. The van der Waals surface area contributed by atoms with Crippen molar-refractivity contribution in [2.75, 3.05) is 0 Å². The van der Waals surface area contributed by atoms with E-state index in [4.69, 9.17) is 4.42 Å². The summed E-state index contributed by atoms with van der Waals surface area (Å²) in [5.41, 5.74) is 5.64. The minimum Gasteiger partial charge on any atom is -0.454 e. The van der Waals surface area contributed by atoms with Crippen molar-refractivity contribution >= 4 is 22.1 Å². The van der Waals surface area contributed by atoms with Gasteiger partial charge in [0, 0.05) is 46.7 Å². The van der Waals surface area contributed by atoms with Crippen LogP contribution in [0.2, 0.25) is 0 Å². The second-order valence-electron chi connectivity index (χ2n) is 5.65. The molecule has 0 radical (unpaired) electrons. The first-order valence-electron chi connectivity index (χ1n) is 7.76. The number of H-pyrrole nitrogens is 1. The van der Waals surface area contributed by atoms with E-state index in [0.29, 0.717) is 0 Å². The summed E-state index contributed by atoms with van der Waals surface area (Å²) in [5.74, 6) is 0.823. The van der Waals surface area contributed by atoms with Gasteiger partial charge < -0.3 is 9.40 Å². The molecule has 1 N–H and O–H groups in total. The third kappa shape index (κ3) is 1.93. The molecular weight excluding hydrogens is 298 g/mol. The summed E-state index contributed by atoms with van der Waals surface area (Å²) < 4.78 is 6.16. The highest BCUT2D eigenvalue weighted by atomic mass is 16.3. The van der Waals surface area contributed by atoms with E-state index >= 15 is 0 Å². The number of furan rings is 1. The maximum Gasteiger partial charge on any atom is 0.161 e. The highest BCUT2D eigenvalue weighted by Gasteiger charge is 2.15. The minimum absolute atomic E-state index is 0.793. The Balaban J connectivity index is 1.76. The van der Waals surface area contributed by atoms with Gasteiger partial charge in [0.15, 0.2) is 5.58 Å². The molecule has 5 rings (SSSR count). The topological polar surface area (TPSA) is 54.7 Å². The number of nitrogens with zero attached hydrogens (tertiary/aromatic N) is 2. The van der Waals surface area contributed by atoms with E-state index in [1.54, 1.807) is 6.20 Å². The summed E-state index contributed by atoms with van der Waals surface area (Å²) in [6.07, 6.45) is 5.57. The molecule has 5 aromatic rings. The predicted molar refractivity (Wildman–Crippen MR) is 94.5 cm³/mol. The number of fused-ring (bicyclic) bond motifs is 2. The van der Waals surface area contributed by atoms with Gasteiger partial charge in [-0.25, -0.2) is 4.98 Å². The van der Waals surface area contributed by atoms with E-state index < -0.39 is 0 Å². The molecule has 0 fully saturated rings. The van der Waals surface area contributed by atoms with Gasteiger partial charge in [0.1, 0.15) is 16.9 Å². The Morgan fingerprint density at radius 2 is 1.75 bits per heavy atom. The van der Waals surface area contributed by atoms with Crippen molar-refractivity contribution in [2.24, 2.45) is 0 Å². The average molecular weight is 311 g/mol. The molecule has 0 aliphatic rings. The van der Waals surface area contributed by atoms with Gasteiger partial charge in [-0.2, -0.15) is 0 Å². The first-order chi connectivity index (χ1) is 11.9. The van der Waals surface area contributed by atoms with Crippen molar-refractivity contribution in [2.45, 2.75) is 0 Å². The van der Waals surface area contributed by atoms with Crippen LogP contribution in [0.1, 0.15) is 0 Å². The van der Waals surface area contributed by atoms with Crippen molar-refractivity contribution in [1.29, 1.82) is 0 Å². The highest BCUT2D eigenvalue weighted by molar-refractivity contribution is 6.01. The number of aromatic amines is 1. The summed E-state index contributed by atoms with van der Waals surface area (Å²) >= 11 is 0. The fourth-order valence-corrected chi connectivity index (χ4v) is 3.07. The smallest absolute Gasteiger partial charge is 0.161 e. The van der Waals surface area contributed by atoms with Crippen molar-refractivity contribution < 1.29 is 4.42 Å². The van der Waals surface area contributed by atoms with E-state index in [9.17, 15) is 0 Å². The molecule has 0 bridgehead atoms. The van der Waals surface area contributed by atoms with Gasteiger partial charge in [0.25, 0.3) is 0 Å². The van der Waals surface area contributed by atoms with Crippen LogP contribution >= 0.6 is 0 Å². The normalized spacial score (nSPS) is 11.3. The van der Waals surface area contributed by atoms with E-state index in [2.05, 4.69) is 21.0 Å². The molecule has 114 valence electrons. The molecule has 0 atom stereocenters. The molecule has 1 aromatic carbocycles. The Labute approximate surface area is 137 Å². The molecule has 0 aliphatic heterocycles. The standard InChI is InChI=1S/C20H13N3O/c1-2-5-13(6-3-1)18-11-17-19(24-18)14(8-10-21-17)16-12-23-20-15(16)7-4-9-22-20/h1-12H,(H,22,23). The van der Waals surface area contributed by atoms with E-state index in [1.165, 1.54) is 0 Å². The van der Waals surface area contributed by atoms with Crippen LogP contribution in [-0.2, 0) is 0 Å². The van der Waals surface area contributed by atoms with Gasteiger partial charge in [-0.15, -0.1) is 0 Å². The van der Waals surface area contributed by atoms with Gasteiger partial charge in [0.05, 0.1) is 0 Å². The predicted octanol–water partition coefficient (Wildman–Crippen LogP) is 5.04. The number of aromatic nitrogens is 3. The lowest BCUT2D eigenvalue weighted by atomic mass is 10.1. The highest BCUT2D eigenvalue weighted by Crippen LogP contribution is 2.36. The molecule has 0 saturated carbocycles. The van der Waals surface area contributed by atoms with E-state index in [-0.39, 0.29) is 0 Å². The summed E-state index contributed by atoms with van der Waals surface area (Å²) in [5, 5.41) is 1.07. The number of rotatable bonds is 2. The molecule has 0 spiro atoms. The molecule has 4 heteroatoms. The molecule has 0 saturated heterocycles. The van der Waals surface area contributed by atoms with Crippen molar-refractivity contribution in [3.8, 4) is 22.5 Å². The Morgan fingerprint density at radius 3 is 2.67 bits per heavy atom. The van der Waals surface area contributed by atoms with Crippen LogP contribution in [-0.4, -0.2) is 15.0 Å². The summed E-state index contributed by atoms with van der Waals surface area (Å²) in [6, 6.07) is 18.0. The van der Waals surface area contributed by atoms with Crippen molar-refractivity contribution in [3.63, 3.8) is 0 Å². The maximum absolute atomic E-state index is 6.16. The van der Waals surface area contributed by atoms with Crippen molar-refractivity contribution in [3.05, 3.63) is 73.2 Å². The summed E-state index contributed by atoms with van der Waals surface area (Å²) in [6.45, 7) is 0. The molecule has 0 aliphatic carbocycles. The molecule has 0 amide bonds. The maximum atomic E-state index is 6.16. The zero-order valence-corrected chi connectivity index (χ0v) is 12.7. The molecule has 4 aromatic heterocycles. The molecule has 0 unspecified atom stereocenters. The SMILES string of the molecule is c1ccc(-c2cc3nccc(-c4c[nH]c5ncccc45)c3o2)cc1. The van der Waals surface area contributed by atoms with Gasteiger partial charge in [-0.1, -0.05) is 30.3 Å². The van der Waals surface area contributed by atoms with Crippen LogP contribution in [0.3, 0.4) is 0 Å². The second kappa shape index (κ2) is 5.06. The Bertz CT molecular complexity index is 1160. The first kappa shape index (κ1) is 13.1. The van der Waals surface area contributed by atoms with Gasteiger partial charge >= 0.3 is 0 Å². The Kier molecular flexibility index (Phi) is 2.76. The minimum atomic E-state index is 0.793. The Hall–Kier alpha value is -3.40. The molecule has 24 heavy (non-hydrogen) atoms. The van der Waals surface area contributed by atoms with Crippen LogP contribution < -0.4 is 0 Å². The zero-order chi connectivity index (χ0) is 15.9. The lowest BCUT2D eigenvalue weighted by molar-refractivity contribution is 0.632. The average Bonchev–Trinajstić information content (AvgIpc) is 3.26. The molecule has 4 heterocycles. The summed E-state index contributed by atoms with van der Waals surface area (Å²) in [4.78, 5) is 12.0. The van der Waals surface area contributed by atoms with Crippen LogP contribution in [0, 0.1) is 0 Å². The van der Waals surface area contributed by atoms with E-state index in [0.717, 1.165) is 44.6 Å². The number of hydrogen-bond donors (Lipinski definition) is 1. The van der Waals surface area contributed by atoms with Crippen LogP contribution in [0.15, 0.2) is 77.6 Å². The number of pyridine rings is 2. The van der Waals surface area contributed by atoms with Crippen LogP contribution in [0.5, 0.6) is 0 Å². The quantitative estimate of drug-likeness (QED) is 0.497. The first-order valence-corrected chi connectivity index (χ1v) is 7.76. The van der Waals surface area contributed by atoms with Gasteiger partial charge in [0.2, 0.25) is 0 Å². The van der Waals surface area contributed by atoms with Gasteiger partial charge in [-0.3, -0.25) is 4.98 Å². The lowest BCUT2D eigenvalue weighted by Crippen LogP contribution is -1.80. The third-order valence-electron chi connectivity index (χ3n) is 4.21. The number of benzene rings is 1. The second-order valence-corrected chi connectivity index (χ2v) is 5.65. The largest absolute Gasteiger partial charge is 0.454 e. The third-order valence-corrected chi connectivity index (χ3v) is 4.21. The van der Waals surface area contributed by atoms with Crippen LogP contribution in [0.25, 0.3) is 44.6 Å². The number of nitrogens with one attached hydrogen (secondary N) is 1. The monoisotopic (exact) mass is 311 g/mol. The fourth-order valence-electron chi connectivity index (χ4n) is 3.07. The van der Waals surface area contributed by atoms with Gasteiger partial charge in [-0.05, 0) is 18.2 Å². The zero-order valence-electron chi connectivity index (χ0n) is 12.7. The number of hydrogen-bond acceptors (Lipinski definition) is 3. The van der Waals surface area contributed by atoms with Crippen molar-refractivity contribution in [1.82, 2.24) is 15.0 Å².